The van der Waals surface area contributed by atoms with Crippen molar-refractivity contribution < 1.29 is 28.5 Å². The molecule has 2 saturated heterocycles. The number of ether oxygens (including phenoxy) is 4. The fraction of sp³-hybridized carbons (Fsp3) is 0.846. The van der Waals surface area contributed by atoms with E-state index < -0.39 is 24.5 Å². The smallest absolute Gasteiger partial charge is 0.319 e. The largest absolute Gasteiger partial charge is 0.435 e. The summed E-state index contributed by atoms with van der Waals surface area (Å²) in [6, 6.07) is 0. The Morgan fingerprint density at radius 2 is 1.32 bits per heavy atom. The Kier molecular flexibility index (Phi) is 5.60. The van der Waals surface area contributed by atoms with Crippen LogP contribution in [-0.4, -0.2) is 37.7 Å². The molecule has 6 nitrogen and oxygen atoms in total. The molecule has 0 N–H and O–H groups in total. The van der Waals surface area contributed by atoms with Crippen LogP contribution in [0.25, 0.3) is 0 Å². The van der Waals surface area contributed by atoms with E-state index in [-0.39, 0.29) is 6.42 Å². The van der Waals surface area contributed by atoms with Gasteiger partial charge in [0, 0.05) is 12.8 Å². The van der Waals surface area contributed by atoms with E-state index >= 15 is 0 Å². The Morgan fingerprint density at radius 1 is 0.842 bits per heavy atom. The molecule has 0 radical (unpaired) electrons. The molecule has 0 bridgehead atoms. The highest BCUT2D eigenvalue weighted by molar-refractivity contribution is 5.91. The van der Waals surface area contributed by atoms with Crippen molar-refractivity contribution in [1.29, 1.82) is 0 Å². The van der Waals surface area contributed by atoms with Gasteiger partial charge in [-0.05, 0) is 25.7 Å². The van der Waals surface area contributed by atoms with Gasteiger partial charge in [-0.25, -0.2) is 0 Å². The fourth-order valence-corrected chi connectivity index (χ4v) is 2.10. The molecule has 108 valence electrons. The van der Waals surface area contributed by atoms with Gasteiger partial charge >= 0.3 is 11.9 Å². The normalized spacial score (nSPS) is 27.6. The van der Waals surface area contributed by atoms with E-state index in [2.05, 4.69) is 0 Å². The Hall–Kier alpha value is -1.14. The van der Waals surface area contributed by atoms with Crippen LogP contribution in [0.1, 0.15) is 44.9 Å². The maximum absolute atomic E-state index is 11.5. The summed E-state index contributed by atoms with van der Waals surface area (Å²) in [5.41, 5.74) is 0. The molecule has 0 spiro atoms. The van der Waals surface area contributed by atoms with E-state index in [4.69, 9.17) is 18.9 Å². The zero-order valence-electron chi connectivity index (χ0n) is 11.0. The minimum Gasteiger partial charge on any atom is -0.435 e. The molecule has 0 aliphatic carbocycles. The van der Waals surface area contributed by atoms with E-state index in [1.165, 1.54) is 0 Å². The lowest BCUT2D eigenvalue weighted by Gasteiger charge is -2.23. The van der Waals surface area contributed by atoms with E-state index in [9.17, 15) is 9.59 Å². The van der Waals surface area contributed by atoms with Crippen molar-refractivity contribution in [3.05, 3.63) is 0 Å². The quantitative estimate of drug-likeness (QED) is 0.570. The van der Waals surface area contributed by atoms with Crippen LogP contribution in [0.2, 0.25) is 0 Å². The van der Waals surface area contributed by atoms with Crippen LogP contribution in [0.3, 0.4) is 0 Å². The molecule has 2 aliphatic heterocycles. The number of carbonyl (C=O) groups excluding carboxylic acids is 2. The molecule has 0 aromatic carbocycles. The molecule has 0 aromatic rings. The molecule has 2 heterocycles. The first-order valence-electron chi connectivity index (χ1n) is 6.86. The number of carbonyl (C=O) groups is 2. The zero-order chi connectivity index (χ0) is 13.5. The predicted octanol–water partition coefficient (Wildman–Crippen LogP) is 1.52. The monoisotopic (exact) mass is 272 g/mol. The van der Waals surface area contributed by atoms with Gasteiger partial charge < -0.3 is 18.9 Å². The lowest BCUT2D eigenvalue weighted by molar-refractivity contribution is -0.197. The first kappa shape index (κ1) is 14.3. The first-order valence-corrected chi connectivity index (χ1v) is 6.86. The van der Waals surface area contributed by atoms with Crippen molar-refractivity contribution in [1.82, 2.24) is 0 Å². The van der Waals surface area contributed by atoms with E-state index in [0.29, 0.717) is 26.1 Å². The van der Waals surface area contributed by atoms with Gasteiger partial charge in [-0.1, -0.05) is 0 Å². The standard InChI is InChI=1S/C13H20O6/c14-10(18-12-5-1-3-7-16-12)9-11(15)19-13-6-2-4-8-17-13/h12-13H,1-9H2. The van der Waals surface area contributed by atoms with Crippen molar-refractivity contribution >= 4 is 11.9 Å². The molecule has 0 aromatic heterocycles. The third kappa shape index (κ3) is 5.16. The Morgan fingerprint density at radius 3 is 1.68 bits per heavy atom. The minimum atomic E-state index is -0.604. The molecule has 19 heavy (non-hydrogen) atoms. The number of esters is 2. The highest BCUT2D eigenvalue weighted by atomic mass is 16.7. The summed E-state index contributed by atoms with van der Waals surface area (Å²) < 4.78 is 20.6. The average molecular weight is 272 g/mol. The predicted molar refractivity (Wildman–Crippen MR) is 64.0 cm³/mol. The topological polar surface area (TPSA) is 71.1 Å². The van der Waals surface area contributed by atoms with Gasteiger partial charge in [0.1, 0.15) is 6.42 Å². The van der Waals surface area contributed by atoms with Gasteiger partial charge in [-0.2, -0.15) is 0 Å². The summed E-state index contributed by atoms with van der Waals surface area (Å²) in [7, 11) is 0. The number of rotatable bonds is 4. The van der Waals surface area contributed by atoms with Gasteiger partial charge in [-0.3, -0.25) is 9.59 Å². The van der Waals surface area contributed by atoms with Crippen LogP contribution < -0.4 is 0 Å². The first-order chi connectivity index (χ1) is 9.24. The molecule has 0 amide bonds. The second-order valence-electron chi connectivity index (χ2n) is 4.75. The SMILES string of the molecule is O=C(CC(=O)OC1CCCCO1)OC1CCCCO1. The Labute approximate surface area is 112 Å². The maximum Gasteiger partial charge on any atom is 0.319 e. The molecule has 2 unspecified atom stereocenters. The van der Waals surface area contributed by atoms with Crippen molar-refractivity contribution in [2.75, 3.05) is 13.2 Å². The van der Waals surface area contributed by atoms with Gasteiger partial charge in [0.2, 0.25) is 12.6 Å². The minimum absolute atomic E-state index is 0.389. The Bertz CT molecular complexity index is 274. The molecular weight excluding hydrogens is 252 g/mol. The molecule has 2 fully saturated rings. The maximum atomic E-state index is 11.5. The van der Waals surface area contributed by atoms with Crippen LogP contribution in [0, 0.1) is 0 Å². The summed E-state index contributed by atoms with van der Waals surface area (Å²) in [6.07, 6.45) is 3.86. The van der Waals surface area contributed by atoms with Crippen molar-refractivity contribution in [3.8, 4) is 0 Å². The highest BCUT2D eigenvalue weighted by Gasteiger charge is 2.23. The molecule has 6 heteroatoms. The number of hydrogen-bond acceptors (Lipinski definition) is 6. The van der Waals surface area contributed by atoms with Gasteiger partial charge in [-0.15, -0.1) is 0 Å². The van der Waals surface area contributed by atoms with Crippen molar-refractivity contribution in [2.45, 2.75) is 57.5 Å². The molecule has 0 saturated carbocycles. The summed E-state index contributed by atoms with van der Waals surface area (Å²) in [6.45, 7) is 1.19. The van der Waals surface area contributed by atoms with Crippen LogP contribution >= 0.6 is 0 Å². The summed E-state index contributed by atoms with van der Waals surface area (Å²) in [5.74, 6) is -1.21. The van der Waals surface area contributed by atoms with Gasteiger partial charge in [0.25, 0.3) is 0 Å². The fourth-order valence-electron chi connectivity index (χ4n) is 2.10. The molecule has 2 atom stereocenters. The van der Waals surface area contributed by atoms with Crippen LogP contribution in [0.5, 0.6) is 0 Å². The van der Waals surface area contributed by atoms with E-state index in [0.717, 1.165) is 25.7 Å². The lowest BCUT2D eigenvalue weighted by Crippen LogP contribution is -2.29. The summed E-state index contributed by atoms with van der Waals surface area (Å²) in [5, 5.41) is 0. The third-order valence-electron chi connectivity index (χ3n) is 3.09. The van der Waals surface area contributed by atoms with Gasteiger partial charge in [0.15, 0.2) is 0 Å². The van der Waals surface area contributed by atoms with Crippen molar-refractivity contribution in [2.24, 2.45) is 0 Å². The number of hydrogen-bond donors (Lipinski definition) is 0. The summed E-state index contributed by atoms with van der Waals surface area (Å²) in [4.78, 5) is 23.0. The summed E-state index contributed by atoms with van der Waals surface area (Å²) >= 11 is 0. The molecule has 2 aliphatic rings. The third-order valence-corrected chi connectivity index (χ3v) is 3.09. The zero-order valence-corrected chi connectivity index (χ0v) is 11.0. The van der Waals surface area contributed by atoms with E-state index in [1.54, 1.807) is 0 Å². The van der Waals surface area contributed by atoms with Crippen LogP contribution in [-0.2, 0) is 28.5 Å². The second kappa shape index (κ2) is 7.45. The average Bonchev–Trinajstić information content (AvgIpc) is 2.40. The van der Waals surface area contributed by atoms with Gasteiger partial charge in [0.05, 0.1) is 13.2 Å². The second-order valence-corrected chi connectivity index (χ2v) is 4.75. The van der Waals surface area contributed by atoms with E-state index in [1.807, 2.05) is 0 Å². The molecular formula is C13H20O6. The molecule has 2 rings (SSSR count). The van der Waals surface area contributed by atoms with Crippen LogP contribution in [0.4, 0.5) is 0 Å². The Balaban J connectivity index is 1.64. The van der Waals surface area contributed by atoms with Crippen LogP contribution in [0.15, 0.2) is 0 Å². The lowest BCUT2D eigenvalue weighted by atomic mass is 10.2. The van der Waals surface area contributed by atoms with Crippen molar-refractivity contribution in [3.63, 3.8) is 0 Å². The highest BCUT2D eigenvalue weighted by Crippen LogP contribution is 2.16.